The molecule has 106 valence electrons. The summed E-state index contributed by atoms with van der Waals surface area (Å²) in [5.74, 6) is 1.51. The van der Waals surface area contributed by atoms with Crippen LogP contribution in [-0.2, 0) is 16.1 Å². The van der Waals surface area contributed by atoms with Crippen LogP contribution in [0.3, 0.4) is 0 Å². The quantitative estimate of drug-likeness (QED) is 0.828. The predicted octanol–water partition coefficient (Wildman–Crippen LogP) is 2.19. The van der Waals surface area contributed by atoms with Gasteiger partial charge in [0.25, 0.3) is 0 Å². The molecule has 1 aliphatic rings. The zero-order valence-corrected chi connectivity index (χ0v) is 11.6. The van der Waals surface area contributed by atoms with Gasteiger partial charge in [-0.3, -0.25) is 4.79 Å². The largest absolute Gasteiger partial charge is 0.466 e. The minimum Gasteiger partial charge on any atom is -0.466 e. The maximum atomic E-state index is 11.7. The van der Waals surface area contributed by atoms with Gasteiger partial charge in [-0.15, -0.1) is 0 Å². The van der Waals surface area contributed by atoms with E-state index in [1.54, 1.807) is 6.20 Å². The zero-order chi connectivity index (χ0) is 13.7. The number of aryl methyl sites for hydroxylation is 1. The van der Waals surface area contributed by atoms with Crippen LogP contribution < -0.4 is 5.32 Å². The van der Waals surface area contributed by atoms with Crippen molar-refractivity contribution in [1.29, 1.82) is 0 Å². The number of hydrogen-bond donors (Lipinski definition) is 1. The van der Waals surface area contributed by atoms with Gasteiger partial charge >= 0.3 is 5.97 Å². The molecular formula is C14H22N2O3. The molecule has 1 saturated carbocycles. The first-order valence-electron chi connectivity index (χ1n) is 7.00. The van der Waals surface area contributed by atoms with E-state index in [4.69, 9.17) is 9.15 Å². The summed E-state index contributed by atoms with van der Waals surface area (Å²) in [5.41, 5.74) is 0. The van der Waals surface area contributed by atoms with Crippen LogP contribution in [0.15, 0.2) is 10.6 Å². The zero-order valence-electron chi connectivity index (χ0n) is 11.6. The second-order valence-electron chi connectivity index (χ2n) is 5.06. The highest BCUT2D eigenvalue weighted by atomic mass is 16.5. The maximum absolute atomic E-state index is 11.7. The summed E-state index contributed by atoms with van der Waals surface area (Å²) in [7, 11) is 0. The van der Waals surface area contributed by atoms with Crippen molar-refractivity contribution in [3.05, 3.63) is 17.8 Å². The highest BCUT2D eigenvalue weighted by Crippen LogP contribution is 2.25. The maximum Gasteiger partial charge on any atom is 0.308 e. The second-order valence-corrected chi connectivity index (χ2v) is 5.06. The molecule has 1 N–H and O–H groups in total. The smallest absolute Gasteiger partial charge is 0.308 e. The van der Waals surface area contributed by atoms with Gasteiger partial charge in [0.2, 0.25) is 5.89 Å². The lowest BCUT2D eigenvalue weighted by atomic mass is 9.86. The Kier molecular flexibility index (Phi) is 4.96. The molecule has 5 nitrogen and oxygen atoms in total. The van der Waals surface area contributed by atoms with Gasteiger partial charge in [-0.25, -0.2) is 4.98 Å². The third-order valence-corrected chi connectivity index (χ3v) is 3.51. The third kappa shape index (κ3) is 4.06. The van der Waals surface area contributed by atoms with E-state index in [1.807, 2.05) is 13.8 Å². The number of nitrogens with one attached hydrogen (secondary N) is 1. The summed E-state index contributed by atoms with van der Waals surface area (Å²) < 4.78 is 10.5. The molecule has 2 atom stereocenters. The predicted molar refractivity (Wildman–Crippen MR) is 70.5 cm³/mol. The standard InChI is InChI=1S/C14H22N2O3/c1-3-18-14(17)11-5-4-6-12(7-11)15-9-13-16-8-10(2)19-13/h8,11-12,15H,3-7,9H2,1-2H3. The number of ether oxygens (including phenoxy) is 1. The van der Waals surface area contributed by atoms with Crippen molar-refractivity contribution in [2.45, 2.75) is 52.1 Å². The lowest BCUT2D eigenvalue weighted by Gasteiger charge is -2.28. The first-order valence-corrected chi connectivity index (χ1v) is 7.00. The average Bonchev–Trinajstić information content (AvgIpc) is 2.83. The molecule has 1 aromatic rings. The highest BCUT2D eigenvalue weighted by Gasteiger charge is 2.28. The highest BCUT2D eigenvalue weighted by molar-refractivity contribution is 5.72. The lowest BCUT2D eigenvalue weighted by Crippen LogP contribution is -2.36. The molecule has 0 spiro atoms. The van der Waals surface area contributed by atoms with Gasteiger partial charge in [0.05, 0.1) is 25.3 Å². The minimum atomic E-state index is -0.0547. The summed E-state index contributed by atoms with van der Waals surface area (Å²) in [4.78, 5) is 15.9. The van der Waals surface area contributed by atoms with E-state index in [2.05, 4.69) is 10.3 Å². The molecule has 1 aliphatic carbocycles. The molecule has 0 radical (unpaired) electrons. The molecule has 0 amide bonds. The number of rotatable bonds is 5. The fourth-order valence-electron chi connectivity index (χ4n) is 2.56. The molecule has 2 rings (SSSR count). The Morgan fingerprint density at radius 1 is 1.58 bits per heavy atom. The second kappa shape index (κ2) is 6.70. The van der Waals surface area contributed by atoms with E-state index in [0.717, 1.165) is 31.4 Å². The van der Waals surface area contributed by atoms with E-state index in [1.165, 1.54) is 0 Å². The summed E-state index contributed by atoms with van der Waals surface area (Å²) in [6.45, 7) is 4.81. The first kappa shape index (κ1) is 14.1. The van der Waals surface area contributed by atoms with E-state index in [0.29, 0.717) is 25.1 Å². The molecule has 1 heterocycles. The van der Waals surface area contributed by atoms with Crippen LogP contribution in [0.25, 0.3) is 0 Å². The van der Waals surface area contributed by atoms with Crippen LogP contribution in [0.1, 0.15) is 44.3 Å². The normalized spacial score (nSPS) is 23.3. The van der Waals surface area contributed by atoms with Crippen molar-refractivity contribution in [3.63, 3.8) is 0 Å². The van der Waals surface area contributed by atoms with Crippen molar-refractivity contribution in [3.8, 4) is 0 Å². The number of carbonyl (C=O) groups is 1. The fraction of sp³-hybridized carbons (Fsp3) is 0.714. The molecule has 1 fully saturated rings. The number of aromatic nitrogens is 1. The van der Waals surface area contributed by atoms with Gasteiger partial charge in [-0.1, -0.05) is 6.42 Å². The van der Waals surface area contributed by atoms with Gasteiger partial charge in [0.1, 0.15) is 5.76 Å². The van der Waals surface area contributed by atoms with Gasteiger partial charge in [-0.2, -0.15) is 0 Å². The number of esters is 1. The summed E-state index contributed by atoms with van der Waals surface area (Å²) in [6.07, 6.45) is 5.66. The van der Waals surface area contributed by atoms with Crippen LogP contribution in [0.2, 0.25) is 0 Å². The SMILES string of the molecule is CCOC(=O)C1CCCC(NCc2ncc(C)o2)C1. The summed E-state index contributed by atoms with van der Waals surface area (Å²) in [5, 5.41) is 3.41. The van der Waals surface area contributed by atoms with Crippen LogP contribution in [-0.4, -0.2) is 23.6 Å². The van der Waals surface area contributed by atoms with E-state index < -0.39 is 0 Å². The topological polar surface area (TPSA) is 64.4 Å². The van der Waals surface area contributed by atoms with Gasteiger partial charge < -0.3 is 14.5 Å². The minimum absolute atomic E-state index is 0.0393. The van der Waals surface area contributed by atoms with Crippen molar-refractivity contribution < 1.29 is 13.9 Å². The molecule has 0 saturated heterocycles. The van der Waals surface area contributed by atoms with Crippen molar-refractivity contribution in [2.24, 2.45) is 5.92 Å². The Bertz CT molecular complexity index is 417. The van der Waals surface area contributed by atoms with Crippen LogP contribution in [0.4, 0.5) is 0 Å². The Morgan fingerprint density at radius 3 is 3.11 bits per heavy atom. The van der Waals surface area contributed by atoms with Crippen LogP contribution >= 0.6 is 0 Å². The fourth-order valence-corrected chi connectivity index (χ4v) is 2.56. The first-order chi connectivity index (χ1) is 9.19. The Morgan fingerprint density at radius 2 is 2.42 bits per heavy atom. The van der Waals surface area contributed by atoms with E-state index in [-0.39, 0.29) is 11.9 Å². The van der Waals surface area contributed by atoms with Crippen molar-refractivity contribution in [2.75, 3.05) is 6.61 Å². The van der Waals surface area contributed by atoms with Gasteiger partial charge in [-0.05, 0) is 33.1 Å². The average molecular weight is 266 g/mol. The van der Waals surface area contributed by atoms with Gasteiger partial charge in [0, 0.05) is 6.04 Å². The molecule has 0 bridgehead atoms. The molecule has 0 aliphatic heterocycles. The van der Waals surface area contributed by atoms with E-state index >= 15 is 0 Å². The van der Waals surface area contributed by atoms with Crippen molar-refractivity contribution >= 4 is 5.97 Å². The molecular weight excluding hydrogens is 244 g/mol. The van der Waals surface area contributed by atoms with Gasteiger partial charge in [0.15, 0.2) is 0 Å². The molecule has 2 unspecified atom stereocenters. The molecule has 0 aromatic carbocycles. The van der Waals surface area contributed by atoms with Crippen molar-refractivity contribution in [1.82, 2.24) is 10.3 Å². The van der Waals surface area contributed by atoms with E-state index in [9.17, 15) is 4.79 Å². The molecule has 19 heavy (non-hydrogen) atoms. The molecule has 1 aromatic heterocycles. The number of carbonyl (C=O) groups excluding carboxylic acids is 1. The number of oxazole rings is 1. The lowest BCUT2D eigenvalue weighted by molar-refractivity contribution is -0.149. The monoisotopic (exact) mass is 266 g/mol. The van der Waals surface area contributed by atoms with Crippen LogP contribution in [0.5, 0.6) is 0 Å². The Labute approximate surface area is 113 Å². The Hall–Kier alpha value is -1.36. The third-order valence-electron chi connectivity index (χ3n) is 3.51. The molecule has 5 heteroatoms. The van der Waals surface area contributed by atoms with Crippen LogP contribution in [0, 0.1) is 12.8 Å². The summed E-state index contributed by atoms with van der Waals surface area (Å²) >= 11 is 0. The number of nitrogens with zero attached hydrogens (tertiary/aromatic N) is 1. The summed E-state index contributed by atoms with van der Waals surface area (Å²) in [6, 6.07) is 0.343. The number of hydrogen-bond acceptors (Lipinski definition) is 5. The Balaban J connectivity index is 1.79.